The molecule has 144 valence electrons. The van der Waals surface area contributed by atoms with E-state index < -0.39 is 0 Å². The van der Waals surface area contributed by atoms with Crippen LogP contribution in [0.5, 0.6) is 5.75 Å². The number of nitrogens with one attached hydrogen (secondary N) is 2. The minimum Gasteiger partial charge on any atom is -0.494 e. The van der Waals surface area contributed by atoms with E-state index >= 15 is 0 Å². The molecule has 0 saturated heterocycles. The quantitative estimate of drug-likeness (QED) is 0.416. The maximum absolute atomic E-state index is 12.7. The van der Waals surface area contributed by atoms with Gasteiger partial charge in [0.1, 0.15) is 11.3 Å². The third-order valence-corrected chi connectivity index (χ3v) is 5.13. The number of carbonyl (C=O) groups excluding carboxylic acids is 1. The number of para-hydroxylation sites is 2. The summed E-state index contributed by atoms with van der Waals surface area (Å²) in [6.45, 7) is 6.15. The monoisotopic (exact) mass is 393 g/mol. The van der Waals surface area contributed by atoms with Crippen LogP contribution >= 0.6 is 11.8 Å². The van der Waals surface area contributed by atoms with Gasteiger partial charge < -0.3 is 15.4 Å². The van der Waals surface area contributed by atoms with E-state index in [1.807, 2.05) is 36.4 Å². The second-order valence-corrected chi connectivity index (χ2v) is 7.26. The molecule has 1 heterocycles. The van der Waals surface area contributed by atoms with Gasteiger partial charge in [0, 0.05) is 23.0 Å². The number of thioether (sulfide) groups is 1. The first-order valence-electron chi connectivity index (χ1n) is 9.03. The van der Waals surface area contributed by atoms with Gasteiger partial charge in [-0.2, -0.15) is 0 Å². The maximum atomic E-state index is 12.7. The van der Waals surface area contributed by atoms with Gasteiger partial charge in [-0.25, -0.2) is 0 Å². The summed E-state index contributed by atoms with van der Waals surface area (Å²) in [6.07, 6.45) is 3.23. The molecule has 28 heavy (non-hydrogen) atoms. The summed E-state index contributed by atoms with van der Waals surface area (Å²) in [5.41, 5.74) is 2.82. The number of aromatic nitrogens is 1. The summed E-state index contributed by atoms with van der Waals surface area (Å²) < 4.78 is 5.45. The highest BCUT2D eigenvalue weighted by atomic mass is 32.2. The molecule has 0 fully saturated rings. The molecule has 1 aromatic heterocycles. The first kappa shape index (κ1) is 19.8. The van der Waals surface area contributed by atoms with Gasteiger partial charge in [0.2, 0.25) is 0 Å². The van der Waals surface area contributed by atoms with E-state index in [1.165, 1.54) is 0 Å². The molecule has 0 aliphatic heterocycles. The molecular formula is C22H23N3O2S. The van der Waals surface area contributed by atoms with Crippen LogP contribution in [0.3, 0.4) is 0 Å². The average molecular weight is 394 g/mol. The zero-order chi connectivity index (χ0) is 19.9. The van der Waals surface area contributed by atoms with Crippen molar-refractivity contribution in [2.75, 3.05) is 24.7 Å². The summed E-state index contributed by atoms with van der Waals surface area (Å²) >= 11 is 1.75. The molecule has 1 amide bonds. The Hall–Kier alpha value is -2.99. The van der Waals surface area contributed by atoms with Crippen LogP contribution in [0, 0.1) is 0 Å². The largest absolute Gasteiger partial charge is 0.494 e. The summed E-state index contributed by atoms with van der Waals surface area (Å²) in [7, 11) is 1.61. The van der Waals surface area contributed by atoms with Gasteiger partial charge in [-0.15, -0.1) is 18.3 Å². The van der Waals surface area contributed by atoms with Crippen molar-refractivity contribution in [3.63, 3.8) is 0 Å². The fourth-order valence-corrected chi connectivity index (χ4v) is 3.67. The van der Waals surface area contributed by atoms with Crippen LogP contribution in [0.4, 0.5) is 11.4 Å². The fourth-order valence-electron chi connectivity index (χ4n) is 2.91. The van der Waals surface area contributed by atoms with Gasteiger partial charge in [-0.3, -0.25) is 9.78 Å². The predicted molar refractivity (Wildman–Crippen MR) is 117 cm³/mol. The fraction of sp³-hybridized carbons (Fsp3) is 0.182. The third kappa shape index (κ3) is 4.12. The van der Waals surface area contributed by atoms with Gasteiger partial charge in [-0.05, 0) is 24.0 Å². The Balaban J connectivity index is 2.16. The van der Waals surface area contributed by atoms with Crippen LogP contribution < -0.4 is 15.4 Å². The van der Waals surface area contributed by atoms with E-state index in [4.69, 9.17) is 4.74 Å². The number of anilines is 2. The SMILES string of the molecule is C=CCNC(=O)c1cnc2c(OC)cccc2c1Nc1ccccc1SCC. The van der Waals surface area contributed by atoms with Crippen LogP contribution in [0.2, 0.25) is 0 Å². The standard InChI is InChI=1S/C22H23N3O2S/c1-4-13-23-22(26)16-14-24-21-15(9-8-11-18(21)27-3)20(16)25-17-10-6-7-12-19(17)28-5-2/h4,6-12,14H,1,5,13H2,2-3H3,(H,23,26)(H,24,25). The lowest BCUT2D eigenvalue weighted by Crippen LogP contribution is -2.24. The van der Waals surface area contributed by atoms with Crippen molar-refractivity contribution in [3.8, 4) is 5.75 Å². The van der Waals surface area contributed by atoms with Crippen LogP contribution in [0.25, 0.3) is 10.9 Å². The molecule has 5 nitrogen and oxygen atoms in total. The second kappa shape index (κ2) is 9.28. The van der Waals surface area contributed by atoms with Crippen molar-refractivity contribution in [1.29, 1.82) is 0 Å². The number of hydrogen-bond donors (Lipinski definition) is 2. The average Bonchev–Trinajstić information content (AvgIpc) is 2.73. The van der Waals surface area contributed by atoms with Gasteiger partial charge in [0.25, 0.3) is 5.91 Å². The molecule has 0 aliphatic rings. The van der Waals surface area contributed by atoms with E-state index in [-0.39, 0.29) is 5.91 Å². The van der Waals surface area contributed by atoms with E-state index in [2.05, 4.69) is 35.2 Å². The lowest BCUT2D eigenvalue weighted by Gasteiger charge is -2.17. The zero-order valence-corrected chi connectivity index (χ0v) is 16.8. The summed E-state index contributed by atoms with van der Waals surface area (Å²) in [6, 6.07) is 13.8. The molecule has 2 aromatic carbocycles. The summed E-state index contributed by atoms with van der Waals surface area (Å²) in [4.78, 5) is 18.4. The number of rotatable bonds is 8. The molecule has 0 bridgehead atoms. The number of methoxy groups -OCH3 is 1. The molecule has 3 rings (SSSR count). The number of nitrogens with zero attached hydrogens (tertiary/aromatic N) is 1. The van der Waals surface area contributed by atoms with E-state index in [9.17, 15) is 4.79 Å². The molecule has 0 spiro atoms. The van der Waals surface area contributed by atoms with Gasteiger partial charge in [0.15, 0.2) is 0 Å². The van der Waals surface area contributed by atoms with Crippen LogP contribution in [-0.2, 0) is 0 Å². The van der Waals surface area contributed by atoms with Crippen molar-refractivity contribution in [2.45, 2.75) is 11.8 Å². The minimum atomic E-state index is -0.208. The number of fused-ring (bicyclic) bond motifs is 1. The number of ether oxygens (including phenoxy) is 1. The Morgan fingerprint density at radius 1 is 1.25 bits per heavy atom. The minimum absolute atomic E-state index is 0.208. The van der Waals surface area contributed by atoms with Crippen molar-refractivity contribution < 1.29 is 9.53 Å². The first-order valence-corrected chi connectivity index (χ1v) is 10.0. The maximum Gasteiger partial charge on any atom is 0.255 e. The molecule has 0 unspecified atom stereocenters. The Morgan fingerprint density at radius 3 is 2.82 bits per heavy atom. The number of benzene rings is 2. The van der Waals surface area contributed by atoms with Crippen molar-refractivity contribution in [3.05, 3.63) is 66.9 Å². The Bertz CT molecular complexity index is 1000. The number of carbonyl (C=O) groups is 1. The van der Waals surface area contributed by atoms with Gasteiger partial charge >= 0.3 is 0 Å². The summed E-state index contributed by atoms with van der Waals surface area (Å²) in [5, 5.41) is 7.13. The van der Waals surface area contributed by atoms with Crippen molar-refractivity contribution >= 4 is 39.9 Å². The van der Waals surface area contributed by atoms with E-state index in [0.717, 1.165) is 21.7 Å². The third-order valence-electron chi connectivity index (χ3n) is 4.18. The second-order valence-electron chi connectivity index (χ2n) is 5.96. The molecule has 0 saturated carbocycles. The Kier molecular flexibility index (Phi) is 6.55. The van der Waals surface area contributed by atoms with E-state index in [0.29, 0.717) is 29.1 Å². The lowest BCUT2D eigenvalue weighted by molar-refractivity contribution is 0.0958. The molecular weight excluding hydrogens is 370 g/mol. The smallest absolute Gasteiger partial charge is 0.255 e. The highest BCUT2D eigenvalue weighted by molar-refractivity contribution is 7.99. The van der Waals surface area contributed by atoms with E-state index in [1.54, 1.807) is 31.1 Å². The highest BCUT2D eigenvalue weighted by Gasteiger charge is 2.18. The molecule has 0 radical (unpaired) electrons. The van der Waals surface area contributed by atoms with Crippen LogP contribution in [0.1, 0.15) is 17.3 Å². The molecule has 6 heteroatoms. The number of pyridine rings is 1. The lowest BCUT2D eigenvalue weighted by atomic mass is 10.1. The highest BCUT2D eigenvalue weighted by Crippen LogP contribution is 2.36. The van der Waals surface area contributed by atoms with Crippen LogP contribution in [0.15, 0.2) is 66.2 Å². The summed E-state index contributed by atoms with van der Waals surface area (Å²) in [5.74, 6) is 1.41. The molecule has 0 aliphatic carbocycles. The first-order chi connectivity index (χ1) is 13.7. The topological polar surface area (TPSA) is 63.2 Å². The molecule has 2 N–H and O–H groups in total. The predicted octanol–water partition coefficient (Wildman–Crippen LogP) is 5.01. The Labute approximate surface area is 169 Å². The van der Waals surface area contributed by atoms with Crippen molar-refractivity contribution in [2.24, 2.45) is 0 Å². The Morgan fingerprint density at radius 2 is 2.07 bits per heavy atom. The zero-order valence-electron chi connectivity index (χ0n) is 16.0. The van der Waals surface area contributed by atoms with Crippen LogP contribution in [-0.4, -0.2) is 30.3 Å². The molecule has 3 aromatic rings. The van der Waals surface area contributed by atoms with Gasteiger partial charge in [0.05, 0.1) is 24.0 Å². The molecule has 0 atom stereocenters. The number of hydrogen-bond acceptors (Lipinski definition) is 5. The van der Waals surface area contributed by atoms with Gasteiger partial charge in [-0.1, -0.05) is 37.3 Å². The number of amides is 1. The normalized spacial score (nSPS) is 10.5. The van der Waals surface area contributed by atoms with Crippen molar-refractivity contribution in [1.82, 2.24) is 10.3 Å².